The normalized spacial score (nSPS) is 11.4. The highest BCUT2D eigenvalue weighted by molar-refractivity contribution is 6.07. The molecule has 0 atom stereocenters. The second-order valence-electron chi connectivity index (χ2n) is 4.11. The Balaban J connectivity index is 2.48. The Bertz CT molecular complexity index is 739. The van der Waals surface area contributed by atoms with E-state index in [1.807, 2.05) is 24.4 Å². The van der Waals surface area contributed by atoms with Gasteiger partial charge in [-0.25, -0.2) is 0 Å². The van der Waals surface area contributed by atoms with Crippen LogP contribution in [0, 0.1) is 0 Å². The number of H-pyrrole nitrogens is 2. The van der Waals surface area contributed by atoms with Crippen molar-refractivity contribution < 1.29 is 0 Å². The van der Waals surface area contributed by atoms with Crippen molar-refractivity contribution in [2.24, 2.45) is 5.73 Å². The number of hydrogen-bond donors (Lipinski definition) is 3. The maximum absolute atomic E-state index is 11.7. The molecule has 0 aliphatic heterocycles. The van der Waals surface area contributed by atoms with E-state index in [1.54, 1.807) is 6.20 Å². The van der Waals surface area contributed by atoms with Crippen LogP contribution >= 0.6 is 0 Å². The molecule has 0 radical (unpaired) electrons. The van der Waals surface area contributed by atoms with Gasteiger partial charge in [0.05, 0.1) is 0 Å². The summed E-state index contributed by atoms with van der Waals surface area (Å²) in [5, 5.41) is 2.81. The van der Waals surface area contributed by atoms with Gasteiger partial charge in [-0.15, -0.1) is 0 Å². The van der Waals surface area contributed by atoms with Gasteiger partial charge in [-0.3, -0.25) is 4.79 Å². The number of rotatable bonds is 2. The van der Waals surface area contributed by atoms with Crippen LogP contribution < -0.4 is 11.3 Å². The Morgan fingerprint density at radius 2 is 2.00 bits per heavy atom. The second-order valence-corrected chi connectivity index (χ2v) is 4.11. The standard InChI is InChI=1S/C13H13N3O/c14-5-3-8-7-16-11-2-1-10-9(12(8)11)4-6-15-13(10)17/h1-2,4,6-7,16H,3,5,14H2,(H,15,17). The number of benzene rings is 1. The number of aromatic amines is 2. The Kier molecular flexibility index (Phi) is 2.23. The summed E-state index contributed by atoms with van der Waals surface area (Å²) >= 11 is 0. The van der Waals surface area contributed by atoms with Crippen molar-refractivity contribution in [3.8, 4) is 0 Å². The zero-order valence-electron chi connectivity index (χ0n) is 9.29. The van der Waals surface area contributed by atoms with Crippen molar-refractivity contribution in [2.45, 2.75) is 6.42 Å². The average molecular weight is 227 g/mol. The first-order chi connectivity index (χ1) is 8.31. The molecule has 0 saturated heterocycles. The number of nitrogens with two attached hydrogens (primary N) is 1. The van der Waals surface area contributed by atoms with Crippen LogP contribution in [0.25, 0.3) is 21.7 Å². The Hall–Kier alpha value is -2.07. The highest BCUT2D eigenvalue weighted by Gasteiger charge is 2.08. The predicted molar refractivity (Wildman–Crippen MR) is 69.2 cm³/mol. The van der Waals surface area contributed by atoms with Gasteiger partial charge in [-0.05, 0) is 42.1 Å². The van der Waals surface area contributed by atoms with E-state index in [4.69, 9.17) is 5.73 Å². The third kappa shape index (κ3) is 1.45. The van der Waals surface area contributed by atoms with Crippen molar-refractivity contribution >= 4 is 21.7 Å². The molecule has 0 aliphatic rings. The van der Waals surface area contributed by atoms with Gasteiger partial charge in [-0.1, -0.05) is 0 Å². The molecule has 0 aliphatic carbocycles. The lowest BCUT2D eigenvalue weighted by Gasteiger charge is -2.01. The number of pyridine rings is 1. The molecule has 0 amide bonds. The lowest BCUT2D eigenvalue weighted by atomic mass is 10.0. The molecular weight excluding hydrogens is 214 g/mol. The summed E-state index contributed by atoms with van der Waals surface area (Å²) < 4.78 is 0. The topological polar surface area (TPSA) is 74.7 Å². The predicted octanol–water partition coefficient (Wildman–Crippen LogP) is 1.51. The molecule has 0 spiro atoms. The highest BCUT2D eigenvalue weighted by atomic mass is 16.1. The SMILES string of the molecule is NCCc1c[nH]c2ccc3c(=O)[nH]ccc3c12. The molecule has 86 valence electrons. The van der Waals surface area contributed by atoms with Crippen molar-refractivity contribution in [3.63, 3.8) is 0 Å². The largest absolute Gasteiger partial charge is 0.361 e. The Labute approximate surface area is 97.5 Å². The number of aromatic nitrogens is 2. The molecule has 3 rings (SSSR count). The van der Waals surface area contributed by atoms with Gasteiger partial charge >= 0.3 is 0 Å². The molecule has 1 aromatic carbocycles. The third-order valence-electron chi connectivity index (χ3n) is 3.09. The van der Waals surface area contributed by atoms with Crippen molar-refractivity contribution in [3.05, 3.63) is 46.5 Å². The van der Waals surface area contributed by atoms with E-state index in [9.17, 15) is 4.79 Å². The molecule has 0 unspecified atom stereocenters. The molecule has 4 N–H and O–H groups in total. The van der Waals surface area contributed by atoms with E-state index in [0.717, 1.165) is 28.1 Å². The molecular formula is C13H13N3O. The van der Waals surface area contributed by atoms with Crippen LogP contribution in [-0.2, 0) is 6.42 Å². The molecule has 0 saturated carbocycles. The van der Waals surface area contributed by atoms with Gasteiger partial charge in [0.15, 0.2) is 0 Å². The number of hydrogen-bond acceptors (Lipinski definition) is 2. The van der Waals surface area contributed by atoms with Crippen LogP contribution in [0.4, 0.5) is 0 Å². The summed E-state index contributed by atoms with van der Waals surface area (Å²) in [6.45, 7) is 0.604. The fourth-order valence-electron chi connectivity index (χ4n) is 2.33. The minimum atomic E-state index is -0.0516. The van der Waals surface area contributed by atoms with Crippen molar-refractivity contribution in [1.29, 1.82) is 0 Å². The molecule has 0 bridgehead atoms. The molecule has 2 aromatic heterocycles. The maximum Gasteiger partial charge on any atom is 0.255 e. The van der Waals surface area contributed by atoms with E-state index >= 15 is 0 Å². The van der Waals surface area contributed by atoms with Gasteiger partial charge < -0.3 is 15.7 Å². The molecule has 2 heterocycles. The van der Waals surface area contributed by atoms with Gasteiger partial charge in [0.2, 0.25) is 0 Å². The zero-order chi connectivity index (χ0) is 11.8. The third-order valence-corrected chi connectivity index (χ3v) is 3.09. The molecule has 3 aromatic rings. The monoisotopic (exact) mass is 227 g/mol. The fourth-order valence-corrected chi connectivity index (χ4v) is 2.33. The van der Waals surface area contributed by atoms with Gasteiger partial charge in [0.1, 0.15) is 0 Å². The van der Waals surface area contributed by atoms with Crippen LogP contribution in [0.15, 0.2) is 35.4 Å². The summed E-state index contributed by atoms with van der Waals surface area (Å²) in [5.74, 6) is 0. The average Bonchev–Trinajstić information content (AvgIpc) is 2.74. The highest BCUT2D eigenvalue weighted by Crippen LogP contribution is 2.26. The summed E-state index contributed by atoms with van der Waals surface area (Å²) in [6, 6.07) is 5.72. The Morgan fingerprint density at radius 3 is 2.82 bits per heavy atom. The van der Waals surface area contributed by atoms with Crippen LogP contribution in [0.2, 0.25) is 0 Å². The zero-order valence-corrected chi connectivity index (χ0v) is 9.29. The van der Waals surface area contributed by atoms with Gasteiger partial charge in [0.25, 0.3) is 5.56 Å². The first-order valence-corrected chi connectivity index (χ1v) is 5.61. The van der Waals surface area contributed by atoms with E-state index in [-0.39, 0.29) is 5.56 Å². The van der Waals surface area contributed by atoms with Crippen molar-refractivity contribution in [1.82, 2.24) is 9.97 Å². The summed E-state index contributed by atoms with van der Waals surface area (Å²) in [5.41, 5.74) is 7.76. The summed E-state index contributed by atoms with van der Waals surface area (Å²) in [4.78, 5) is 17.6. The van der Waals surface area contributed by atoms with Crippen LogP contribution in [0.3, 0.4) is 0 Å². The van der Waals surface area contributed by atoms with Gasteiger partial charge in [0, 0.05) is 28.7 Å². The number of fused-ring (bicyclic) bond motifs is 3. The van der Waals surface area contributed by atoms with Crippen LogP contribution in [0.5, 0.6) is 0 Å². The first kappa shape index (κ1) is 10.1. The second kappa shape index (κ2) is 3.75. The fraction of sp³-hybridized carbons (Fsp3) is 0.154. The minimum absolute atomic E-state index is 0.0516. The molecule has 0 fully saturated rings. The summed E-state index contributed by atoms with van der Waals surface area (Å²) in [6.07, 6.45) is 4.47. The van der Waals surface area contributed by atoms with Crippen molar-refractivity contribution in [2.75, 3.05) is 6.54 Å². The molecule has 4 heteroatoms. The van der Waals surface area contributed by atoms with E-state index in [0.29, 0.717) is 6.54 Å². The smallest absolute Gasteiger partial charge is 0.255 e. The molecule has 17 heavy (non-hydrogen) atoms. The maximum atomic E-state index is 11.7. The van der Waals surface area contributed by atoms with E-state index < -0.39 is 0 Å². The summed E-state index contributed by atoms with van der Waals surface area (Å²) in [7, 11) is 0. The van der Waals surface area contributed by atoms with Crippen LogP contribution in [0.1, 0.15) is 5.56 Å². The Morgan fingerprint density at radius 1 is 1.12 bits per heavy atom. The molecule has 4 nitrogen and oxygen atoms in total. The van der Waals surface area contributed by atoms with Gasteiger partial charge in [-0.2, -0.15) is 0 Å². The van der Waals surface area contributed by atoms with E-state index in [2.05, 4.69) is 9.97 Å². The minimum Gasteiger partial charge on any atom is -0.361 e. The number of nitrogens with one attached hydrogen (secondary N) is 2. The lowest BCUT2D eigenvalue weighted by molar-refractivity contribution is 0.977. The quantitative estimate of drug-likeness (QED) is 0.620. The van der Waals surface area contributed by atoms with E-state index in [1.165, 1.54) is 5.56 Å². The van der Waals surface area contributed by atoms with Crippen LogP contribution in [-0.4, -0.2) is 16.5 Å². The lowest BCUT2D eigenvalue weighted by Crippen LogP contribution is -2.05. The first-order valence-electron chi connectivity index (χ1n) is 5.61.